The van der Waals surface area contributed by atoms with Crippen molar-refractivity contribution in [1.82, 2.24) is 40.8 Å². The summed E-state index contributed by atoms with van der Waals surface area (Å²) in [5.41, 5.74) is 6.52. The van der Waals surface area contributed by atoms with Crippen molar-refractivity contribution in [3.63, 3.8) is 0 Å². The third kappa shape index (κ3) is 8.73. The number of unbranched alkanes of at least 4 members (excludes halogenated alkanes) is 1. The standard InChI is InChI=1S/C46H58N8O7/c1-9-11-12-34(50-43(55)39(25(5)10-2)53-46(58)60-8)41-47-22-35(49-41)28-14-16-30-29(19-28)23-61-37-21-31-27(20-32(30)37)15-17-33-40(31)51-42(48-33)36-18-13-26(6)54(36)44(56)38(24(3)4)52-45(57)59-7/h14-17,19-22,24-26,34,36,38-39H,9-13,18,23H2,1-8H3,(H,47,49)(H,48,51)(H,50,55)(H,52,57)(H,53,58). The first-order chi connectivity index (χ1) is 29.3. The number of fused-ring (bicyclic) bond motifs is 6. The van der Waals surface area contributed by atoms with Crippen LogP contribution in [0.15, 0.2) is 48.7 Å². The van der Waals surface area contributed by atoms with Gasteiger partial charge in [0.25, 0.3) is 0 Å². The molecule has 2 aromatic heterocycles. The van der Waals surface area contributed by atoms with Crippen LogP contribution in [0.4, 0.5) is 9.59 Å². The van der Waals surface area contributed by atoms with Crippen molar-refractivity contribution in [2.75, 3.05) is 14.2 Å². The molecule has 324 valence electrons. The Hall–Kier alpha value is -6.12. The number of alkyl carbamates (subject to hydrolysis) is 2. The van der Waals surface area contributed by atoms with Crippen LogP contribution < -0.4 is 20.7 Å². The van der Waals surface area contributed by atoms with E-state index >= 15 is 0 Å². The van der Waals surface area contributed by atoms with Gasteiger partial charge in [-0.15, -0.1) is 0 Å². The minimum atomic E-state index is -0.745. The maximum absolute atomic E-state index is 14.0. The van der Waals surface area contributed by atoms with Gasteiger partial charge in [0.2, 0.25) is 11.8 Å². The summed E-state index contributed by atoms with van der Waals surface area (Å²) in [6, 6.07) is 12.5. The van der Waals surface area contributed by atoms with Crippen molar-refractivity contribution in [3.8, 4) is 28.1 Å². The van der Waals surface area contributed by atoms with Crippen LogP contribution in [0.5, 0.6) is 5.75 Å². The summed E-state index contributed by atoms with van der Waals surface area (Å²) in [7, 11) is 2.58. The van der Waals surface area contributed by atoms with Crippen LogP contribution in [0.3, 0.4) is 0 Å². The van der Waals surface area contributed by atoms with E-state index in [1.54, 1.807) is 6.20 Å². The molecule has 3 aromatic carbocycles. The Morgan fingerprint density at radius 2 is 1.67 bits per heavy atom. The molecule has 5 aromatic rings. The fraction of sp³-hybridized carbons (Fsp3) is 0.478. The van der Waals surface area contributed by atoms with Gasteiger partial charge in [-0.25, -0.2) is 19.6 Å². The lowest BCUT2D eigenvalue weighted by Gasteiger charge is -2.32. The number of aromatic nitrogens is 4. The summed E-state index contributed by atoms with van der Waals surface area (Å²) in [5, 5.41) is 10.5. The van der Waals surface area contributed by atoms with E-state index in [0.29, 0.717) is 31.1 Å². The smallest absolute Gasteiger partial charge is 0.407 e. The lowest BCUT2D eigenvalue weighted by atomic mass is 9.92. The number of amides is 4. The predicted octanol–water partition coefficient (Wildman–Crippen LogP) is 8.22. The van der Waals surface area contributed by atoms with Crippen LogP contribution in [0.1, 0.15) is 109 Å². The Balaban J connectivity index is 1.13. The van der Waals surface area contributed by atoms with E-state index in [1.807, 2.05) is 45.6 Å². The summed E-state index contributed by atoms with van der Waals surface area (Å²) in [6.07, 6.45) is 5.28. The molecule has 1 saturated heterocycles. The number of carbonyl (C=O) groups excluding carboxylic acids is 4. The monoisotopic (exact) mass is 834 g/mol. The first kappa shape index (κ1) is 43.0. The normalized spacial score (nSPS) is 17.8. The Kier molecular flexibility index (Phi) is 12.9. The van der Waals surface area contributed by atoms with Crippen molar-refractivity contribution in [2.24, 2.45) is 11.8 Å². The van der Waals surface area contributed by atoms with Crippen molar-refractivity contribution in [3.05, 3.63) is 65.9 Å². The number of likely N-dealkylation sites (tertiary alicyclic amines) is 1. The molecule has 61 heavy (non-hydrogen) atoms. The molecule has 2 aliphatic heterocycles. The molecule has 4 heterocycles. The highest BCUT2D eigenvalue weighted by Gasteiger charge is 2.41. The van der Waals surface area contributed by atoms with E-state index in [4.69, 9.17) is 24.2 Å². The number of benzene rings is 3. The quantitative estimate of drug-likeness (QED) is 0.0733. The van der Waals surface area contributed by atoms with Gasteiger partial charge in [0.15, 0.2) is 0 Å². The largest absolute Gasteiger partial charge is 0.488 e. The minimum absolute atomic E-state index is 0.0273. The molecule has 4 amide bonds. The molecular formula is C46H58N8O7. The van der Waals surface area contributed by atoms with Crippen molar-refractivity contribution in [1.29, 1.82) is 0 Å². The van der Waals surface area contributed by atoms with Gasteiger partial charge in [-0.3, -0.25) is 9.59 Å². The number of ether oxygens (including phenoxy) is 3. The van der Waals surface area contributed by atoms with E-state index in [9.17, 15) is 19.2 Å². The highest BCUT2D eigenvalue weighted by molar-refractivity contribution is 6.07. The maximum atomic E-state index is 14.0. The summed E-state index contributed by atoms with van der Waals surface area (Å²) in [5.74, 6) is 1.45. The molecule has 0 bridgehead atoms. The fourth-order valence-electron chi connectivity index (χ4n) is 8.61. The number of aromatic amines is 2. The van der Waals surface area contributed by atoms with E-state index in [1.165, 1.54) is 14.2 Å². The molecule has 0 aliphatic carbocycles. The molecule has 0 spiro atoms. The number of carbonyl (C=O) groups is 4. The van der Waals surface area contributed by atoms with Crippen LogP contribution in [-0.2, 0) is 25.7 Å². The van der Waals surface area contributed by atoms with Crippen molar-refractivity contribution in [2.45, 2.75) is 117 Å². The van der Waals surface area contributed by atoms with Crippen LogP contribution in [-0.4, -0.2) is 81.2 Å². The molecule has 6 atom stereocenters. The van der Waals surface area contributed by atoms with Gasteiger partial charge in [0, 0.05) is 17.0 Å². The number of hydrogen-bond donors (Lipinski definition) is 5. The zero-order valence-electron chi connectivity index (χ0n) is 36.3. The molecule has 15 nitrogen and oxygen atoms in total. The van der Waals surface area contributed by atoms with Crippen LogP contribution in [0.2, 0.25) is 0 Å². The lowest BCUT2D eigenvalue weighted by molar-refractivity contribution is -0.137. The second kappa shape index (κ2) is 18.2. The Morgan fingerprint density at radius 1 is 0.918 bits per heavy atom. The van der Waals surface area contributed by atoms with Crippen molar-refractivity contribution < 1.29 is 33.4 Å². The van der Waals surface area contributed by atoms with E-state index in [0.717, 1.165) is 81.2 Å². The SMILES string of the molecule is CCCCC(NC(=O)C(NC(=O)OC)C(C)CC)c1ncc(-c2ccc3c(c2)COc2cc4c(ccc5[nH]c(C6CCC(C)N6C(=O)C(NC(=O)OC)C(C)C)nc54)cc2-3)[nH]1. The number of rotatable bonds is 14. The zero-order valence-corrected chi connectivity index (χ0v) is 36.3. The van der Waals surface area contributed by atoms with Gasteiger partial charge >= 0.3 is 12.2 Å². The average Bonchev–Trinajstić information content (AvgIpc) is 4.03. The van der Waals surface area contributed by atoms with E-state index in [2.05, 4.69) is 69.2 Å². The molecule has 7 rings (SSSR count). The first-order valence-corrected chi connectivity index (χ1v) is 21.4. The molecule has 2 aliphatic rings. The summed E-state index contributed by atoms with van der Waals surface area (Å²) >= 11 is 0. The van der Waals surface area contributed by atoms with Gasteiger partial charge in [-0.05, 0) is 84.4 Å². The number of H-pyrrole nitrogens is 2. The van der Waals surface area contributed by atoms with Crippen LogP contribution >= 0.6 is 0 Å². The van der Waals surface area contributed by atoms with Gasteiger partial charge in [-0.1, -0.05) is 72.1 Å². The highest BCUT2D eigenvalue weighted by Crippen LogP contribution is 2.43. The molecule has 15 heteroatoms. The second-order valence-corrected chi connectivity index (χ2v) is 16.7. The highest BCUT2D eigenvalue weighted by atomic mass is 16.5. The molecule has 6 unspecified atom stereocenters. The van der Waals surface area contributed by atoms with Gasteiger partial charge in [0.05, 0.1) is 49.2 Å². The van der Waals surface area contributed by atoms with Gasteiger partial charge in [-0.2, -0.15) is 0 Å². The van der Waals surface area contributed by atoms with E-state index < -0.39 is 24.3 Å². The summed E-state index contributed by atoms with van der Waals surface area (Å²) in [4.78, 5) is 70.4. The summed E-state index contributed by atoms with van der Waals surface area (Å²) < 4.78 is 16.0. The Labute approximate surface area is 356 Å². The molecule has 0 radical (unpaired) electrons. The Morgan fingerprint density at radius 3 is 2.38 bits per heavy atom. The maximum Gasteiger partial charge on any atom is 0.407 e. The molecule has 0 saturated carbocycles. The van der Waals surface area contributed by atoms with E-state index in [-0.39, 0.29) is 41.8 Å². The predicted molar refractivity (Wildman–Crippen MR) is 233 cm³/mol. The second-order valence-electron chi connectivity index (χ2n) is 16.7. The van der Waals surface area contributed by atoms with Gasteiger partial charge < -0.3 is 45.0 Å². The molecule has 5 N–H and O–H groups in total. The number of methoxy groups -OCH3 is 2. The number of hydrogen-bond acceptors (Lipinski definition) is 9. The molecular weight excluding hydrogens is 777 g/mol. The number of nitrogens with zero attached hydrogens (tertiary/aromatic N) is 3. The third-order valence-electron chi connectivity index (χ3n) is 12.3. The number of imidazole rings is 2. The van der Waals surface area contributed by atoms with Crippen LogP contribution in [0.25, 0.3) is 44.2 Å². The third-order valence-corrected chi connectivity index (χ3v) is 12.3. The van der Waals surface area contributed by atoms with Gasteiger partial charge in [0.1, 0.15) is 36.1 Å². The fourth-order valence-corrected chi connectivity index (χ4v) is 8.61. The lowest BCUT2D eigenvalue weighted by Crippen LogP contribution is -2.52. The zero-order chi connectivity index (χ0) is 43.5. The summed E-state index contributed by atoms with van der Waals surface area (Å²) in [6.45, 7) is 12.2. The average molecular weight is 835 g/mol. The first-order valence-electron chi connectivity index (χ1n) is 21.4. The van der Waals surface area contributed by atoms with Crippen molar-refractivity contribution >= 4 is 45.8 Å². The number of nitrogens with one attached hydrogen (secondary N) is 5. The minimum Gasteiger partial charge on any atom is -0.488 e. The topological polar surface area (TPSA) is 193 Å². The van der Waals surface area contributed by atoms with Crippen LogP contribution in [0, 0.1) is 11.8 Å². The Bertz CT molecular complexity index is 2420. The molecule has 1 fully saturated rings.